The van der Waals surface area contributed by atoms with Gasteiger partial charge in [0.1, 0.15) is 5.82 Å². The summed E-state index contributed by atoms with van der Waals surface area (Å²) < 4.78 is 7.32. The van der Waals surface area contributed by atoms with Gasteiger partial charge < -0.3 is 20.7 Å². The number of aromatic nitrogens is 3. The number of amides is 2. The van der Waals surface area contributed by atoms with Gasteiger partial charge in [-0.3, -0.25) is 9.59 Å². The molecule has 1 aliphatic carbocycles. The van der Waals surface area contributed by atoms with E-state index in [1.165, 1.54) is 11.3 Å². The first-order valence-corrected chi connectivity index (χ1v) is 13.0. The Morgan fingerprint density at radius 3 is 2.94 bits per heavy atom. The molecule has 4 heterocycles. The van der Waals surface area contributed by atoms with E-state index >= 15 is 0 Å². The summed E-state index contributed by atoms with van der Waals surface area (Å²) in [6, 6.07) is 6.16. The van der Waals surface area contributed by atoms with Gasteiger partial charge in [0.15, 0.2) is 5.65 Å². The monoisotopic (exact) mass is 506 g/mol. The van der Waals surface area contributed by atoms with Gasteiger partial charge in [-0.05, 0) is 56.9 Å². The van der Waals surface area contributed by atoms with Gasteiger partial charge in [-0.2, -0.15) is 9.61 Å². The van der Waals surface area contributed by atoms with E-state index in [-0.39, 0.29) is 24.3 Å². The third-order valence-corrected chi connectivity index (χ3v) is 7.03. The van der Waals surface area contributed by atoms with Crippen molar-refractivity contribution in [2.45, 2.75) is 51.7 Å². The number of fused-ring (bicyclic) bond motifs is 1. The fraction of sp³-hybridized carbons (Fsp3) is 0.385. The molecule has 0 atom stereocenters. The largest absolute Gasteiger partial charge is 0.379 e. The second kappa shape index (κ2) is 10.2. The predicted molar refractivity (Wildman–Crippen MR) is 141 cm³/mol. The fourth-order valence-corrected chi connectivity index (χ4v) is 4.81. The molecule has 1 saturated carbocycles. The first-order chi connectivity index (χ1) is 17.4. The molecule has 1 saturated heterocycles. The van der Waals surface area contributed by atoms with Crippen molar-refractivity contribution in [1.29, 1.82) is 0 Å². The Labute approximate surface area is 213 Å². The molecule has 3 aromatic rings. The van der Waals surface area contributed by atoms with Gasteiger partial charge in [-0.25, -0.2) is 4.98 Å². The molecule has 0 bridgehead atoms. The lowest BCUT2D eigenvalue weighted by Gasteiger charge is -2.09. The standard InChI is InChI=1S/C26H30N6O3S/c1-15(2)35-10-4-9-27-26(34)22-8-7-21(36-22)20-13-23(30-19-5-6-19)32-25(31-20)18(14-28-32)11-17-12-24(33)29-16(17)3/h7-8,11,13-15,19,30H,3-6,9-10,12H2,1-2H3,(H,27,34)(H,29,33)/b17-11+. The Bertz CT molecular complexity index is 1350. The lowest BCUT2D eigenvalue weighted by molar-refractivity contribution is -0.118. The number of nitrogens with one attached hydrogen (secondary N) is 3. The van der Waals surface area contributed by atoms with Gasteiger partial charge in [0, 0.05) is 36.5 Å². The maximum atomic E-state index is 12.6. The molecular weight excluding hydrogens is 476 g/mol. The van der Waals surface area contributed by atoms with Gasteiger partial charge in [0.2, 0.25) is 5.91 Å². The quantitative estimate of drug-likeness (QED) is 0.359. The third kappa shape index (κ3) is 5.50. The first-order valence-electron chi connectivity index (χ1n) is 12.2. The summed E-state index contributed by atoms with van der Waals surface area (Å²) >= 11 is 1.41. The van der Waals surface area contributed by atoms with E-state index in [0.29, 0.717) is 35.4 Å². The van der Waals surface area contributed by atoms with Gasteiger partial charge in [-0.15, -0.1) is 11.3 Å². The molecule has 0 unspecified atom stereocenters. The van der Waals surface area contributed by atoms with Crippen LogP contribution in [0.15, 0.2) is 42.2 Å². The summed E-state index contributed by atoms with van der Waals surface area (Å²) in [7, 11) is 0. The van der Waals surface area contributed by atoms with Crippen molar-refractivity contribution in [1.82, 2.24) is 25.2 Å². The van der Waals surface area contributed by atoms with Crippen LogP contribution in [0.1, 0.15) is 54.8 Å². The summed E-state index contributed by atoms with van der Waals surface area (Å²) in [6.45, 7) is 9.11. The number of nitrogens with zero attached hydrogens (tertiary/aromatic N) is 3. The number of rotatable bonds is 10. The van der Waals surface area contributed by atoms with E-state index in [2.05, 4.69) is 27.6 Å². The van der Waals surface area contributed by atoms with Crippen molar-refractivity contribution >= 4 is 40.7 Å². The van der Waals surface area contributed by atoms with Crippen molar-refractivity contribution in [2.24, 2.45) is 0 Å². The number of carbonyl (C=O) groups excluding carboxylic acids is 2. The molecule has 1 aliphatic heterocycles. The number of hydrogen-bond acceptors (Lipinski definition) is 7. The summed E-state index contributed by atoms with van der Waals surface area (Å²) in [5, 5.41) is 13.8. The van der Waals surface area contributed by atoms with E-state index in [1.54, 1.807) is 10.7 Å². The Morgan fingerprint density at radius 2 is 2.22 bits per heavy atom. The zero-order valence-electron chi connectivity index (χ0n) is 20.5. The van der Waals surface area contributed by atoms with Crippen LogP contribution < -0.4 is 16.0 Å². The summed E-state index contributed by atoms with van der Waals surface area (Å²) in [4.78, 5) is 30.8. The highest BCUT2D eigenvalue weighted by atomic mass is 32.1. The van der Waals surface area contributed by atoms with E-state index in [9.17, 15) is 9.59 Å². The van der Waals surface area contributed by atoms with Crippen LogP contribution in [-0.4, -0.2) is 51.7 Å². The Kier molecular flexibility index (Phi) is 6.88. The highest BCUT2D eigenvalue weighted by Gasteiger charge is 2.24. The Morgan fingerprint density at radius 1 is 1.39 bits per heavy atom. The van der Waals surface area contributed by atoms with E-state index in [1.807, 2.05) is 38.1 Å². The molecule has 0 aromatic carbocycles. The molecular formula is C26H30N6O3S. The molecule has 36 heavy (non-hydrogen) atoms. The van der Waals surface area contributed by atoms with Crippen LogP contribution >= 0.6 is 11.3 Å². The number of ether oxygens (including phenoxy) is 1. The Balaban J connectivity index is 1.40. The van der Waals surface area contributed by atoms with E-state index < -0.39 is 0 Å². The van der Waals surface area contributed by atoms with Crippen molar-refractivity contribution in [3.63, 3.8) is 0 Å². The van der Waals surface area contributed by atoms with Crippen LogP contribution in [0.25, 0.3) is 22.3 Å². The highest BCUT2D eigenvalue weighted by Crippen LogP contribution is 2.33. The molecule has 2 fully saturated rings. The first kappa shape index (κ1) is 24.2. The second-order valence-corrected chi connectivity index (χ2v) is 10.4. The molecule has 2 aliphatic rings. The molecule has 0 radical (unpaired) electrons. The van der Waals surface area contributed by atoms with E-state index in [0.717, 1.165) is 46.8 Å². The second-order valence-electron chi connectivity index (χ2n) is 9.35. The molecule has 3 N–H and O–H groups in total. The van der Waals surface area contributed by atoms with Crippen molar-refractivity contribution in [3.8, 4) is 10.6 Å². The normalized spacial score (nSPS) is 16.8. The molecule has 10 heteroatoms. The fourth-order valence-electron chi connectivity index (χ4n) is 3.92. The molecule has 9 nitrogen and oxygen atoms in total. The minimum Gasteiger partial charge on any atom is -0.379 e. The topological polar surface area (TPSA) is 110 Å². The average Bonchev–Trinajstić information content (AvgIpc) is 3.22. The van der Waals surface area contributed by atoms with E-state index in [4.69, 9.17) is 9.72 Å². The number of anilines is 1. The van der Waals surface area contributed by atoms with Crippen LogP contribution in [-0.2, 0) is 9.53 Å². The summed E-state index contributed by atoms with van der Waals surface area (Å²) in [5.74, 6) is 0.690. The van der Waals surface area contributed by atoms with Crippen molar-refractivity contribution in [2.75, 3.05) is 18.5 Å². The van der Waals surface area contributed by atoms with Crippen molar-refractivity contribution in [3.05, 3.63) is 52.7 Å². The molecule has 5 rings (SSSR count). The predicted octanol–water partition coefficient (Wildman–Crippen LogP) is 3.99. The van der Waals surface area contributed by atoms with Crippen LogP contribution in [0.4, 0.5) is 5.82 Å². The zero-order chi connectivity index (χ0) is 25.2. The molecule has 188 valence electrons. The third-order valence-electron chi connectivity index (χ3n) is 5.93. The SMILES string of the molecule is C=C1NC(=O)C/C1=C\c1cnn2c(NC3CC3)cc(-c3ccc(C(=O)NCCCOC(C)C)s3)nc12. The van der Waals surface area contributed by atoms with Crippen LogP contribution in [0.5, 0.6) is 0 Å². The number of allylic oxidation sites excluding steroid dienone is 1. The molecule has 2 amide bonds. The number of carbonyl (C=O) groups is 2. The maximum Gasteiger partial charge on any atom is 0.261 e. The summed E-state index contributed by atoms with van der Waals surface area (Å²) in [6.07, 6.45) is 7.15. The summed E-state index contributed by atoms with van der Waals surface area (Å²) in [5.41, 5.74) is 3.69. The molecule has 0 spiro atoms. The van der Waals surface area contributed by atoms with Gasteiger partial charge in [0.25, 0.3) is 5.91 Å². The minimum atomic E-state index is -0.0973. The molecule has 3 aromatic heterocycles. The Hall–Kier alpha value is -3.50. The highest BCUT2D eigenvalue weighted by molar-refractivity contribution is 7.17. The van der Waals surface area contributed by atoms with Gasteiger partial charge in [-0.1, -0.05) is 6.58 Å². The zero-order valence-corrected chi connectivity index (χ0v) is 21.3. The van der Waals surface area contributed by atoms with Crippen molar-refractivity contribution < 1.29 is 14.3 Å². The van der Waals surface area contributed by atoms with Crippen LogP contribution in [0.3, 0.4) is 0 Å². The average molecular weight is 507 g/mol. The number of hydrogen-bond donors (Lipinski definition) is 3. The lowest BCUT2D eigenvalue weighted by atomic mass is 10.1. The maximum absolute atomic E-state index is 12.6. The van der Waals surface area contributed by atoms with Gasteiger partial charge >= 0.3 is 0 Å². The smallest absolute Gasteiger partial charge is 0.261 e. The minimum absolute atomic E-state index is 0.0655. The number of thiophene rings is 1. The van der Waals surface area contributed by atoms with Crippen LogP contribution in [0.2, 0.25) is 0 Å². The lowest BCUT2D eigenvalue weighted by Crippen LogP contribution is -2.24. The van der Waals surface area contributed by atoms with Gasteiger partial charge in [0.05, 0.1) is 34.2 Å². The van der Waals surface area contributed by atoms with Crippen LogP contribution in [0, 0.1) is 0 Å².